The van der Waals surface area contributed by atoms with Crippen molar-refractivity contribution in [2.24, 2.45) is 0 Å². The Labute approximate surface area is 53.8 Å². The van der Waals surface area contributed by atoms with Gasteiger partial charge in [-0.05, 0) is 0 Å². The average molecular weight is 85.1 g/mol. The van der Waals surface area contributed by atoms with Crippen LogP contribution in [0.4, 0.5) is 0 Å². The smallest absolute Gasteiger partial charge is 0.554 e. The minimum Gasteiger partial charge on any atom is -0.554 e. The van der Waals surface area contributed by atoms with E-state index in [-0.39, 0.29) is 37.7 Å². The molecule has 0 aliphatic rings. The Morgan fingerprint density at radius 3 is 1.75 bits per heavy atom. The second-order valence-corrected chi connectivity index (χ2v) is 0.0962. The molecule has 4 heavy (non-hydrogen) atoms. The summed E-state index contributed by atoms with van der Waals surface area (Å²) in [5, 5.41) is 8.25. The normalized spacial score (nSPS) is 3.00. The van der Waals surface area contributed by atoms with Crippen LogP contribution in [0.25, 0.3) is 0 Å². The van der Waals surface area contributed by atoms with Crippen molar-refractivity contribution in [2.45, 2.75) is 0 Å². The van der Waals surface area contributed by atoms with E-state index in [0.29, 0.717) is 0 Å². The van der Waals surface area contributed by atoms with Crippen molar-refractivity contribution in [3.05, 3.63) is 0 Å². The molecule has 0 saturated heterocycles. The van der Waals surface area contributed by atoms with Crippen molar-refractivity contribution in [1.82, 2.24) is 0 Å². The van der Waals surface area contributed by atoms with Crippen LogP contribution in [-0.2, 0) is 4.79 Å². The Balaban J connectivity index is 0. The standard InChI is InChI=1S/CH2O2.Ca/c2-1-3;/h1H,(H,2,3);/q;+2/p-1. The van der Waals surface area contributed by atoms with Crippen LogP contribution < -0.4 is 5.11 Å². The first kappa shape index (κ1) is 8.83. The van der Waals surface area contributed by atoms with Gasteiger partial charge in [0.05, 0.1) is 0 Å². The summed E-state index contributed by atoms with van der Waals surface area (Å²) >= 11 is 0. The summed E-state index contributed by atoms with van der Waals surface area (Å²) in [4.78, 5) is 8.25. The molecule has 0 unspecified atom stereocenters. The molecule has 18 valence electrons. The summed E-state index contributed by atoms with van der Waals surface area (Å²) in [6, 6.07) is 0. The molecule has 0 fully saturated rings. The van der Waals surface area contributed by atoms with E-state index < -0.39 is 6.47 Å². The quantitative estimate of drug-likeness (QED) is 0.252. The predicted octanol–water partition coefficient (Wildman–Crippen LogP) is -2.01. The molecule has 0 rings (SSSR count). The molecule has 0 amide bonds. The fourth-order valence-corrected chi connectivity index (χ4v) is 0. The second kappa shape index (κ2) is 9.29. The Bertz CT molecular complexity index is 13.5. The van der Waals surface area contributed by atoms with E-state index in [1.165, 1.54) is 0 Å². The van der Waals surface area contributed by atoms with Crippen LogP contribution in [0.5, 0.6) is 0 Å². The van der Waals surface area contributed by atoms with Gasteiger partial charge >= 0.3 is 37.7 Å². The fraction of sp³-hybridized carbons (Fsp3) is 0. The number of carboxylic acid groups (broad SMARTS) is 1. The van der Waals surface area contributed by atoms with Crippen LogP contribution in [0.2, 0.25) is 0 Å². The first-order valence-corrected chi connectivity index (χ1v) is 0.471. The number of carbonyl (C=O) groups is 1. The zero-order valence-electron chi connectivity index (χ0n) is 2.10. The van der Waals surface area contributed by atoms with Crippen LogP contribution in [-0.4, -0.2) is 44.2 Å². The maximum atomic E-state index is 8.25. The molecule has 0 saturated carbocycles. The molecule has 0 aromatic carbocycles. The third-order valence-corrected chi connectivity index (χ3v) is 0. The number of carbonyl (C=O) groups excluding carboxylic acids is 1. The average Bonchev–Trinajstić information content (AvgIpc) is 0.918. The van der Waals surface area contributed by atoms with E-state index in [1.807, 2.05) is 0 Å². The van der Waals surface area contributed by atoms with E-state index >= 15 is 0 Å². The van der Waals surface area contributed by atoms with Gasteiger partial charge in [-0.1, -0.05) is 0 Å². The monoisotopic (exact) mass is 85.0 g/mol. The molecule has 2 nitrogen and oxygen atoms in total. The van der Waals surface area contributed by atoms with Gasteiger partial charge in [-0.15, -0.1) is 0 Å². The Morgan fingerprint density at radius 2 is 1.75 bits per heavy atom. The molecular weight excluding hydrogens is 84.1 g/mol. The molecule has 0 N–H and O–H groups in total. The molecule has 0 spiro atoms. The zero-order chi connectivity index (χ0) is 2.71. The maximum absolute atomic E-state index is 8.25. The minimum atomic E-state index is -0.500. The van der Waals surface area contributed by atoms with Gasteiger partial charge in [-0.2, -0.15) is 0 Å². The number of hydrogen-bond donors (Lipinski definition) is 0. The van der Waals surface area contributed by atoms with Gasteiger partial charge in [-0.25, -0.2) is 0 Å². The van der Waals surface area contributed by atoms with Gasteiger partial charge in [-0.3, -0.25) is 0 Å². The van der Waals surface area contributed by atoms with E-state index in [9.17, 15) is 0 Å². The van der Waals surface area contributed by atoms with E-state index in [2.05, 4.69) is 0 Å². The van der Waals surface area contributed by atoms with E-state index in [1.54, 1.807) is 0 Å². The molecular formula is CHCaO2+. The third kappa shape index (κ3) is 15.3. The Morgan fingerprint density at radius 1 is 1.75 bits per heavy atom. The fourth-order valence-electron chi connectivity index (χ4n) is 0. The Hall–Kier alpha value is 0.730. The molecule has 0 bridgehead atoms. The van der Waals surface area contributed by atoms with Gasteiger partial charge in [0.1, 0.15) is 0 Å². The van der Waals surface area contributed by atoms with Gasteiger partial charge in [0, 0.05) is 6.47 Å². The van der Waals surface area contributed by atoms with Crippen LogP contribution in [0.1, 0.15) is 0 Å². The van der Waals surface area contributed by atoms with Crippen molar-refractivity contribution < 1.29 is 9.90 Å². The van der Waals surface area contributed by atoms with E-state index in [0.717, 1.165) is 0 Å². The summed E-state index contributed by atoms with van der Waals surface area (Å²) in [6.07, 6.45) is 0. The summed E-state index contributed by atoms with van der Waals surface area (Å²) in [5.74, 6) is 0. The van der Waals surface area contributed by atoms with Crippen molar-refractivity contribution >= 4 is 44.2 Å². The Kier molecular flexibility index (Phi) is 20.5. The van der Waals surface area contributed by atoms with Crippen molar-refractivity contribution in [3.63, 3.8) is 0 Å². The maximum Gasteiger partial charge on any atom is 2.00 e. The van der Waals surface area contributed by atoms with Gasteiger partial charge in [0.15, 0.2) is 0 Å². The zero-order valence-corrected chi connectivity index (χ0v) is 4.31. The summed E-state index contributed by atoms with van der Waals surface area (Å²) < 4.78 is 0. The molecule has 0 heterocycles. The topological polar surface area (TPSA) is 40.1 Å². The SMILES string of the molecule is O=C[O-].[Ca+2]. The van der Waals surface area contributed by atoms with Gasteiger partial charge in [0.2, 0.25) is 0 Å². The summed E-state index contributed by atoms with van der Waals surface area (Å²) in [7, 11) is 0. The van der Waals surface area contributed by atoms with Crippen molar-refractivity contribution in [1.29, 1.82) is 0 Å². The molecule has 0 aromatic rings. The summed E-state index contributed by atoms with van der Waals surface area (Å²) in [5.41, 5.74) is 0. The molecule has 0 radical (unpaired) electrons. The minimum absolute atomic E-state index is 0. The van der Waals surface area contributed by atoms with Crippen LogP contribution in [0.3, 0.4) is 0 Å². The molecule has 3 heteroatoms. The molecule has 0 atom stereocenters. The van der Waals surface area contributed by atoms with E-state index in [4.69, 9.17) is 9.90 Å². The van der Waals surface area contributed by atoms with Gasteiger partial charge in [0.25, 0.3) is 0 Å². The van der Waals surface area contributed by atoms with Gasteiger partial charge < -0.3 is 9.90 Å². The summed E-state index contributed by atoms with van der Waals surface area (Å²) in [6.45, 7) is -0.500. The first-order valence-electron chi connectivity index (χ1n) is 0.471. The predicted molar refractivity (Wildman–Crippen MR) is 11.8 cm³/mol. The first-order chi connectivity index (χ1) is 1.41. The number of hydrogen-bond acceptors (Lipinski definition) is 2. The van der Waals surface area contributed by atoms with Crippen LogP contribution in [0, 0.1) is 0 Å². The van der Waals surface area contributed by atoms with Crippen molar-refractivity contribution in [2.75, 3.05) is 0 Å². The van der Waals surface area contributed by atoms with Crippen LogP contribution >= 0.6 is 0 Å². The van der Waals surface area contributed by atoms with Crippen molar-refractivity contribution in [3.8, 4) is 0 Å². The second-order valence-electron chi connectivity index (χ2n) is 0.0962. The van der Waals surface area contributed by atoms with Crippen LogP contribution in [0.15, 0.2) is 0 Å². The largest absolute Gasteiger partial charge is 2.00 e. The number of rotatable bonds is 0. The third-order valence-electron chi connectivity index (χ3n) is 0. The molecule has 0 aliphatic heterocycles. The molecule has 0 aromatic heterocycles. The molecule has 0 aliphatic carbocycles.